The van der Waals surface area contributed by atoms with Gasteiger partial charge in [-0.3, -0.25) is 9.59 Å². The van der Waals surface area contributed by atoms with Gasteiger partial charge < -0.3 is 24.3 Å². The molecule has 8 atom stereocenters. The summed E-state index contributed by atoms with van der Waals surface area (Å²) in [5.74, 6) is 0.256. The van der Waals surface area contributed by atoms with Gasteiger partial charge in [0.25, 0.3) is 0 Å². The molecule has 7 heterocycles. The van der Waals surface area contributed by atoms with Crippen LogP contribution in [0.25, 0.3) is 0 Å². The zero-order chi connectivity index (χ0) is 24.4. The predicted octanol–water partition coefficient (Wildman–Crippen LogP) is 2.58. The summed E-state index contributed by atoms with van der Waals surface area (Å²) in [7, 11) is 2.10. The van der Waals surface area contributed by atoms with Crippen molar-refractivity contribution in [2.45, 2.75) is 80.1 Å². The van der Waals surface area contributed by atoms with E-state index in [1.165, 1.54) is 22.5 Å². The molecule has 2 aromatic rings. The first kappa shape index (κ1) is 20.0. The van der Waals surface area contributed by atoms with Crippen LogP contribution in [0.2, 0.25) is 0 Å². The molecule has 0 unspecified atom stereocenters. The Morgan fingerprint density at radius 1 is 0.806 bits per heavy atom. The van der Waals surface area contributed by atoms with Crippen molar-refractivity contribution in [3.63, 3.8) is 0 Å². The fourth-order valence-corrected chi connectivity index (χ4v) is 9.42. The third kappa shape index (κ3) is 1.93. The smallest absolute Gasteiger partial charge is 0.247 e. The van der Waals surface area contributed by atoms with E-state index < -0.39 is 12.1 Å². The Morgan fingerprint density at radius 2 is 1.44 bits per heavy atom. The maximum atomic E-state index is 14.5. The molecular formula is C29H30N4O3. The number of ether oxygens (including phenoxy) is 1. The van der Waals surface area contributed by atoms with Gasteiger partial charge in [0.1, 0.15) is 30.0 Å². The minimum atomic E-state index is -0.425. The lowest BCUT2D eigenvalue weighted by Gasteiger charge is -2.47. The number of anilines is 2. The van der Waals surface area contributed by atoms with E-state index in [1.807, 2.05) is 9.80 Å². The van der Waals surface area contributed by atoms with Crippen LogP contribution in [0.1, 0.15) is 44.2 Å². The van der Waals surface area contributed by atoms with Crippen LogP contribution < -0.4 is 9.80 Å². The van der Waals surface area contributed by atoms with Crippen LogP contribution in [0.4, 0.5) is 11.4 Å². The Hall–Kier alpha value is -3.06. The van der Waals surface area contributed by atoms with Gasteiger partial charge in [-0.1, -0.05) is 43.3 Å². The molecule has 0 radical (unpaired) electrons. The van der Waals surface area contributed by atoms with Crippen molar-refractivity contribution in [3.05, 3.63) is 59.7 Å². The largest absolute Gasteiger partial charge is 0.364 e. The number of epoxide rings is 1. The lowest BCUT2D eigenvalue weighted by molar-refractivity contribution is -0.161. The normalized spacial score (nSPS) is 44.5. The summed E-state index contributed by atoms with van der Waals surface area (Å²) in [5.41, 5.74) is 4.00. The lowest BCUT2D eigenvalue weighted by Crippen LogP contribution is -2.68. The van der Waals surface area contributed by atoms with Crippen molar-refractivity contribution in [2.24, 2.45) is 0 Å². The topological polar surface area (TPSA) is 59.6 Å². The fourth-order valence-electron chi connectivity index (χ4n) is 9.42. The van der Waals surface area contributed by atoms with Gasteiger partial charge in [0.15, 0.2) is 0 Å². The van der Waals surface area contributed by atoms with Gasteiger partial charge in [-0.2, -0.15) is 0 Å². The number of carbonyl (C=O) groups excluding carboxylic acids is 2. The van der Waals surface area contributed by atoms with Gasteiger partial charge in [0.2, 0.25) is 11.8 Å². The average Bonchev–Trinajstić information content (AvgIpc) is 3.14. The molecule has 2 amide bonds. The molecule has 9 rings (SSSR count). The maximum absolute atomic E-state index is 14.5. The third-order valence-electron chi connectivity index (χ3n) is 10.9. The molecule has 5 saturated heterocycles. The number of amides is 2. The SMILES string of the molecule is CN1c2ccccc2[C@@]23C[C@H]4C(=O)N5[C@H]6N(C[C@@]7(C)O[C@@H]7C2)c2ccccc2[C@@]6(C)C[C@H]5C(=O)N4[C@H]13. The number of fused-ring (bicyclic) bond motifs is 6. The summed E-state index contributed by atoms with van der Waals surface area (Å²) in [4.78, 5) is 37.6. The molecule has 184 valence electrons. The van der Waals surface area contributed by atoms with Crippen molar-refractivity contribution in [1.29, 1.82) is 0 Å². The molecule has 0 N–H and O–H groups in total. The number of para-hydroxylation sites is 2. The second-order valence-corrected chi connectivity index (χ2v) is 12.6. The molecule has 2 aromatic carbocycles. The van der Waals surface area contributed by atoms with E-state index >= 15 is 0 Å². The number of hydrogen-bond acceptors (Lipinski definition) is 5. The molecule has 0 saturated carbocycles. The van der Waals surface area contributed by atoms with Gasteiger partial charge in [-0.15, -0.1) is 0 Å². The summed E-state index contributed by atoms with van der Waals surface area (Å²) in [6.07, 6.45) is 1.94. The molecular weight excluding hydrogens is 452 g/mol. The predicted molar refractivity (Wildman–Crippen MR) is 134 cm³/mol. The Morgan fingerprint density at radius 3 is 2.22 bits per heavy atom. The van der Waals surface area contributed by atoms with E-state index in [9.17, 15) is 9.59 Å². The fraction of sp³-hybridized carbons (Fsp3) is 0.517. The highest BCUT2D eigenvalue weighted by molar-refractivity contribution is 6.00. The number of rotatable bonds is 0. The molecule has 5 fully saturated rings. The minimum Gasteiger partial charge on any atom is -0.364 e. The number of benzene rings is 2. The molecule has 7 aliphatic heterocycles. The van der Waals surface area contributed by atoms with E-state index in [-0.39, 0.29) is 46.7 Å². The van der Waals surface area contributed by atoms with Crippen LogP contribution in [0, 0.1) is 0 Å². The Kier molecular flexibility index (Phi) is 3.20. The highest BCUT2D eigenvalue weighted by Gasteiger charge is 2.74. The van der Waals surface area contributed by atoms with E-state index in [2.05, 4.69) is 79.2 Å². The molecule has 7 nitrogen and oxygen atoms in total. The van der Waals surface area contributed by atoms with Gasteiger partial charge in [-0.05, 0) is 49.4 Å². The molecule has 7 heteroatoms. The zero-order valence-electron chi connectivity index (χ0n) is 20.8. The van der Waals surface area contributed by atoms with E-state index in [0.717, 1.165) is 13.0 Å². The summed E-state index contributed by atoms with van der Waals surface area (Å²) >= 11 is 0. The van der Waals surface area contributed by atoms with E-state index in [0.29, 0.717) is 12.8 Å². The van der Waals surface area contributed by atoms with E-state index in [4.69, 9.17) is 4.74 Å². The first-order valence-corrected chi connectivity index (χ1v) is 13.3. The Labute approximate surface area is 210 Å². The number of hydrogen-bond donors (Lipinski definition) is 0. The van der Waals surface area contributed by atoms with Crippen molar-refractivity contribution in [2.75, 3.05) is 23.4 Å². The first-order valence-electron chi connectivity index (χ1n) is 13.3. The van der Waals surface area contributed by atoms with Crippen LogP contribution >= 0.6 is 0 Å². The van der Waals surface area contributed by atoms with Crippen LogP contribution in [0.3, 0.4) is 0 Å². The third-order valence-corrected chi connectivity index (χ3v) is 10.9. The maximum Gasteiger partial charge on any atom is 0.247 e. The van der Waals surface area contributed by atoms with Crippen molar-refractivity contribution < 1.29 is 14.3 Å². The van der Waals surface area contributed by atoms with E-state index in [1.54, 1.807) is 0 Å². The molecule has 36 heavy (non-hydrogen) atoms. The summed E-state index contributed by atoms with van der Waals surface area (Å²) in [6.45, 7) is 5.23. The quantitative estimate of drug-likeness (QED) is 0.541. The van der Waals surface area contributed by atoms with Crippen LogP contribution in [0.5, 0.6) is 0 Å². The molecule has 0 aliphatic carbocycles. The van der Waals surface area contributed by atoms with Crippen molar-refractivity contribution in [1.82, 2.24) is 9.80 Å². The van der Waals surface area contributed by atoms with Crippen molar-refractivity contribution >= 4 is 23.2 Å². The number of carbonyl (C=O) groups is 2. The van der Waals surface area contributed by atoms with Crippen LogP contribution in [0.15, 0.2) is 48.5 Å². The van der Waals surface area contributed by atoms with Crippen LogP contribution in [-0.4, -0.2) is 71.3 Å². The molecule has 7 aliphatic rings. The first-order chi connectivity index (χ1) is 17.3. The number of piperazine rings is 1. The summed E-state index contributed by atoms with van der Waals surface area (Å²) in [5, 5.41) is 0. The summed E-state index contributed by atoms with van der Waals surface area (Å²) < 4.78 is 6.56. The molecule has 3 bridgehead atoms. The molecule has 1 spiro atoms. The highest BCUT2D eigenvalue weighted by atomic mass is 16.6. The van der Waals surface area contributed by atoms with Gasteiger partial charge in [0.05, 0.1) is 12.6 Å². The second kappa shape index (κ2) is 5.75. The standard InChI is InChI=1S/C29H30N4O3/c1-27-12-20-23(34)33-21-13-29(17-9-5-6-10-18(17)30(3)26(29)33)14-22-28(2,36-22)15-31(25(27)32(20)24(21)35)19-11-7-4-8-16(19)27/h4-11,20-22,25-26H,12-15H2,1-3H3/t20-,21-,22+,25+,26-,27+,28+,29+/m0/s1. The van der Waals surface area contributed by atoms with Gasteiger partial charge in [0, 0.05) is 29.3 Å². The van der Waals surface area contributed by atoms with Gasteiger partial charge >= 0.3 is 0 Å². The van der Waals surface area contributed by atoms with Crippen molar-refractivity contribution in [3.8, 4) is 0 Å². The van der Waals surface area contributed by atoms with Gasteiger partial charge in [-0.25, -0.2) is 0 Å². The second-order valence-electron chi connectivity index (χ2n) is 12.6. The number of likely N-dealkylation sites (N-methyl/N-ethyl adjacent to an activating group) is 1. The Balaban J connectivity index is 1.30. The highest BCUT2D eigenvalue weighted by Crippen LogP contribution is 2.63. The molecule has 0 aromatic heterocycles. The summed E-state index contributed by atoms with van der Waals surface area (Å²) in [6, 6.07) is 16.2. The van der Waals surface area contributed by atoms with Crippen LogP contribution in [-0.2, 0) is 25.2 Å². The lowest BCUT2D eigenvalue weighted by atomic mass is 9.73. The monoisotopic (exact) mass is 482 g/mol. The Bertz CT molecular complexity index is 1410. The average molecular weight is 483 g/mol. The minimum absolute atomic E-state index is 0.0903. The zero-order valence-corrected chi connectivity index (χ0v) is 20.8. The number of nitrogens with zero attached hydrogens (tertiary/aromatic N) is 4.